The SMILES string of the molecule is CC(=Cc1cc(C)c(-c2ccc3[nH]cc(C)c3c2)cc1C)C(=O)NC(C)C. The Morgan fingerprint density at radius 3 is 2.48 bits per heavy atom. The molecule has 0 saturated carbocycles. The molecule has 0 saturated heterocycles. The summed E-state index contributed by atoms with van der Waals surface area (Å²) in [7, 11) is 0. The van der Waals surface area contributed by atoms with E-state index in [9.17, 15) is 4.79 Å². The Morgan fingerprint density at radius 1 is 1.04 bits per heavy atom. The molecule has 27 heavy (non-hydrogen) atoms. The lowest BCUT2D eigenvalue weighted by Crippen LogP contribution is -2.30. The van der Waals surface area contributed by atoms with Crippen molar-refractivity contribution in [1.29, 1.82) is 0 Å². The number of hydrogen-bond donors (Lipinski definition) is 2. The van der Waals surface area contributed by atoms with Crippen LogP contribution in [0, 0.1) is 20.8 Å². The molecule has 0 fully saturated rings. The summed E-state index contributed by atoms with van der Waals surface area (Å²) in [4.78, 5) is 15.5. The Hall–Kier alpha value is -2.81. The fourth-order valence-electron chi connectivity index (χ4n) is 3.41. The van der Waals surface area contributed by atoms with E-state index in [2.05, 4.69) is 61.4 Å². The van der Waals surface area contributed by atoms with Crippen molar-refractivity contribution in [2.24, 2.45) is 0 Å². The number of rotatable bonds is 4. The second-order valence-electron chi connectivity index (χ2n) is 7.71. The number of aromatic amines is 1. The van der Waals surface area contributed by atoms with Crippen LogP contribution in [-0.4, -0.2) is 16.9 Å². The van der Waals surface area contributed by atoms with Crippen LogP contribution < -0.4 is 5.32 Å². The standard InChI is InChI=1S/C24H28N2O/c1-14(2)26-24(27)17(5)10-20-9-16(4)21(11-15(20)3)19-7-8-23-22(12-19)18(6)13-25-23/h7-14,25H,1-6H3,(H,26,27). The summed E-state index contributed by atoms with van der Waals surface area (Å²) in [5, 5.41) is 4.20. The lowest BCUT2D eigenvalue weighted by Gasteiger charge is -2.13. The van der Waals surface area contributed by atoms with Crippen molar-refractivity contribution >= 4 is 22.9 Å². The zero-order valence-corrected chi connectivity index (χ0v) is 17.0. The summed E-state index contributed by atoms with van der Waals surface area (Å²) >= 11 is 0. The molecule has 0 aliphatic carbocycles. The number of H-pyrrole nitrogens is 1. The second-order valence-corrected chi connectivity index (χ2v) is 7.71. The molecule has 0 aliphatic heterocycles. The van der Waals surface area contributed by atoms with Crippen LogP contribution in [0.3, 0.4) is 0 Å². The van der Waals surface area contributed by atoms with Crippen molar-refractivity contribution < 1.29 is 4.79 Å². The van der Waals surface area contributed by atoms with Gasteiger partial charge in [-0.3, -0.25) is 4.79 Å². The highest BCUT2D eigenvalue weighted by atomic mass is 16.1. The molecule has 0 spiro atoms. The third-order valence-electron chi connectivity index (χ3n) is 4.96. The van der Waals surface area contributed by atoms with Gasteiger partial charge in [-0.1, -0.05) is 18.2 Å². The maximum absolute atomic E-state index is 12.2. The number of fused-ring (bicyclic) bond motifs is 1. The number of carbonyl (C=O) groups is 1. The second kappa shape index (κ2) is 7.43. The molecule has 2 aromatic carbocycles. The van der Waals surface area contributed by atoms with Crippen LogP contribution in [-0.2, 0) is 4.79 Å². The van der Waals surface area contributed by atoms with Gasteiger partial charge in [0.2, 0.25) is 5.91 Å². The van der Waals surface area contributed by atoms with Gasteiger partial charge in [-0.15, -0.1) is 0 Å². The molecule has 0 bridgehead atoms. The summed E-state index contributed by atoms with van der Waals surface area (Å²) in [5.74, 6) is -0.0143. The summed E-state index contributed by atoms with van der Waals surface area (Å²) in [6.45, 7) is 12.2. The molecule has 1 heterocycles. The van der Waals surface area contributed by atoms with Crippen LogP contribution >= 0.6 is 0 Å². The molecule has 140 valence electrons. The van der Waals surface area contributed by atoms with E-state index in [1.54, 1.807) is 0 Å². The molecular formula is C24H28N2O. The predicted octanol–water partition coefficient (Wildman–Crippen LogP) is 5.69. The molecule has 1 aromatic heterocycles. The largest absolute Gasteiger partial charge is 0.361 e. The molecule has 0 unspecified atom stereocenters. The summed E-state index contributed by atoms with van der Waals surface area (Å²) < 4.78 is 0. The number of carbonyl (C=O) groups excluding carboxylic acids is 1. The molecule has 3 aromatic rings. The Labute approximate surface area is 161 Å². The Balaban J connectivity index is 1.99. The first kappa shape index (κ1) is 19.0. The molecule has 3 heteroatoms. The lowest BCUT2D eigenvalue weighted by atomic mass is 9.93. The Morgan fingerprint density at radius 2 is 1.78 bits per heavy atom. The number of benzene rings is 2. The van der Waals surface area contributed by atoms with Gasteiger partial charge in [-0.25, -0.2) is 0 Å². The van der Waals surface area contributed by atoms with Crippen LogP contribution in [0.4, 0.5) is 0 Å². The highest BCUT2D eigenvalue weighted by Crippen LogP contribution is 2.31. The molecule has 1 amide bonds. The van der Waals surface area contributed by atoms with E-state index >= 15 is 0 Å². The van der Waals surface area contributed by atoms with Crippen LogP contribution in [0.1, 0.15) is 43.0 Å². The topological polar surface area (TPSA) is 44.9 Å². The van der Waals surface area contributed by atoms with Crippen molar-refractivity contribution in [3.8, 4) is 11.1 Å². The van der Waals surface area contributed by atoms with Gasteiger partial charge >= 0.3 is 0 Å². The number of nitrogens with one attached hydrogen (secondary N) is 2. The Bertz CT molecular complexity index is 1040. The van der Waals surface area contributed by atoms with Crippen LogP contribution in [0.15, 0.2) is 42.1 Å². The fourth-order valence-corrected chi connectivity index (χ4v) is 3.41. The molecule has 3 rings (SSSR count). The molecule has 0 radical (unpaired) electrons. The molecule has 3 nitrogen and oxygen atoms in total. The average Bonchev–Trinajstić information content (AvgIpc) is 2.97. The lowest BCUT2D eigenvalue weighted by molar-refractivity contribution is -0.117. The van der Waals surface area contributed by atoms with Crippen molar-refractivity contribution in [3.05, 3.63) is 64.4 Å². The summed E-state index contributed by atoms with van der Waals surface area (Å²) in [6, 6.07) is 11.1. The van der Waals surface area contributed by atoms with Crippen molar-refractivity contribution in [2.75, 3.05) is 0 Å². The summed E-state index contributed by atoms with van der Waals surface area (Å²) in [6.07, 6.45) is 4.02. The average molecular weight is 361 g/mol. The van der Waals surface area contributed by atoms with Crippen LogP contribution in [0.2, 0.25) is 0 Å². The predicted molar refractivity (Wildman–Crippen MR) is 115 cm³/mol. The minimum Gasteiger partial charge on any atom is -0.361 e. The van der Waals surface area contributed by atoms with Gasteiger partial charge in [-0.05, 0) is 93.1 Å². The third-order valence-corrected chi connectivity index (χ3v) is 4.96. The molecule has 2 N–H and O–H groups in total. The van der Waals surface area contributed by atoms with Gasteiger partial charge < -0.3 is 10.3 Å². The van der Waals surface area contributed by atoms with Crippen LogP contribution in [0.25, 0.3) is 28.1 Å². The smallest absolute Gasteiger partial charge is 0.247 e. The van der Waals surface area contributed by atoms with Gasteiger partial charge in [0.1, 0.15) is 0 Å². The molecular weight excluding hydrogens is 332 g/mol. The summed E-state index contributed by atoms with van der Waals surface area (Å²) in [5.41, 5.74) is 9.06. The number of aryl methyl sites for hydroxylation is 3. The van der Waals surface area contributed by atoms with Gasteiger partial charge in [-0.2, -0.15) is 0 Å². The van der Waals surface area contributed by atoms with Gasteiger partial charge in [0.05, 0.1) is 0 Å². The molecule has 0 atom stereocenters. The van der Waals surface area contributed by atoms with E-state index in [0.29, 0.717) is 0 Å². The normalized spacial score (nSPS) is 12.0. The highest BCUT2D eigenvalue weighted by Gasteiger charge is 2.10. The maximum atomic E-state index is 12.2. The van der Waals surface area contributed by atoms with Crippen LogP contribution in [0.5, 0.6) is 0 Å². The van der Waals surface area contributed by atoms with E-state index in [1.807, 2.05) is 33.0 Å². The first-order valence-corrected chi connectivity index (χ1v) is 9.44. The first-order chi connectivity index (χ1) is 12.8. The number of aromatic nitrogens is 1. The number of amides is 1. The van der Waals surface area contributed by atoms with E-state index in [4.69, 9.17) is 0 Å². The molecule has 0 aliphatic rings. The minimum atomic E-state index is -0.0143. The van der Waals surface area contributed by atoms with E-state index in [0.717, 1.165) is 22.2 Å². The van der Waals surface area contributed by atoms with Crippen molar-refractivity contribution in [3.63, 3.8) is 0 Å². The maximum Gasteiger partial charge on any atom is 0.247 e. The fraction of sp³-hybridized carbons (Fsp3) is 0.292. The Kier molecular flexibility index (Phi) is 5.22. The van der Waals surface area contributed by atoms with Gasteiger partial charge in [0.25, 0.3) is 0 Å². The minimum absolute atomic E-state index is 0.0143. The van der Waals surface area contributed by atoms with Crippen molar-refractivity contribution in [2.45, 2.75) is 47.6 Å². The first-order valence-electron chi connectivity index (χ1n) is 9.44. The third kappa shape index (κ3) is 3.97. The van der Waals surface area contributed by atoms with E-state index in [1.165, 1.54) is 27.6 Å². The van der Waals surface area contributed by atoms with Crippen molar-refractivity contribution in [1.82, 2.24) is 10.3 Å². The zero-order chi connectivity index (χ0) is 19.7. The highest BCUT2D eigenvalue weighted by molar-refractivity contribution is 5.97. The number of hydrogen-bond acceptors (Lipinski definition) is 1. The zero-order valence-electron chi connectivity index (χ0n) is 17.0. The monoisotopic (exact) mass is 360 g/mol. The van der Waals surface area contributed by atoms with E-state index in [-0.39, 0.29) is 11.9 Å². The van der Waals surface area contributed by atoms with E-state index < -0.39 is 0 Å². The van der Waals surface area contributed by atoms with Gasteiger partial charge in [0.15, 0.2) is 0 Å². The van der Waals surface area contributed by atoms with Gasteiger partial charge in [0, 0.05) is 28.7 Å². The quantitative estimate of drug-likeness (QED) is 0.577.